The molecule has 0 heterocycles. The molecule has 0 spiro atoms. The van der Waals surface area contributed by atoms with E-state index >= 15 is 0 Å². The second-order valence-electron chi connectivity index (χ2n) is 8.22. The summed E-state index contributed by atoms with van der Waals surface area (Å²) in [6.45, 7) is 15.8. The third-order valence-electron chi connectivity index (χ3n) is 3.90. The topological polar surface area (TPSA) is 9.23 Å². The Kier molecular flexibility index (Phi) is 8.12. The van der Waals surface area contributed by atoms with Gasteiger partial charge in [0.2, 0.25) is 0 Å². The van der Waals surface area contributed by atoms with Gasteiger partial charge in [0.1, 0.15) is 0 Å². The molecule has 0 atom stereocenters. The summed E-state index contributed by atoms with van der Waals surface area (Å²) in [5.41, 5.74) is 4.19. The Balaban J connectivity index is 0.00000264. The second kappa shape index (κ2) is 8.44. The average Bonchev–Trinajstić information content (AvgIpc) is 2.87. The van der Waals surface area contributed by atoms with Crippen molar-refractivity contribution in [1.29, 1.82) is 0 Å². The van der Waals surface area contributed by atoms with Crippen molar-refractivity contribution >= 4 is 0 Å². The molecule has 132 valence electrons. The molecule has 0 fully saturated rings. The van der Waals surface area contributed by atoms with Crippen molar-refractivity contribution in [2.75, 3.05) is 0 Å². The van der Waals surface area contributed by atoms with E-state index in [9.17, 15) is 0 Å². The molecular weight excluding hydrogens is 342 g/mol. The number of benzene rings is 1. The van der Waals surface area contributed by atoms with E-state index in [1.807, 2.05) is 0 Å². The van der Waals surface area contributed by atoms with E-state index in [0.29, 0.717) is 0 Å². The maximum absolute atomic E-state index is 6.48. The standard InChI is InChI=1S/C15H24O.C5H5.2FH.Ti/c1-10-8-11(14(2,3)4)13(16)12(9-10)15(5,6)7;1-2-4-5-3-1;;;/h8-9,16H,1-7H3;1-3H,4H2;2*1H;/q;;;;+3/p-3. The first kappa shape index (κ1) is 23.1. The minimum Gasteiger partial charge on any atom is -1.00 e. The molecule has 0 aromatic heterocycles. The quantitative estimate of drug-likeness (QED) is 0.671. The van der Waals surface area contributed by atoms with E-state index in [1.54, 1.807) is 0 Å². The Morgan fingerprint density at radius 3 is 1.79 bits per heavy atom. The second-order valence-corrected chi connectivity index (χ2v) is 9.86. The fourth-order valence-electron chi connectivity index (χ4n) is 2.64. The molecule has 0 aliphatic heterocycles. The molecule has 0 amide bonds. The van der Waals surface area contributed by atoms with Gasteiger partial charge in [-0.3, -0.25) is 0 Å². The molecule has 1 nitrogen and oxygen atoms in total. The SMILES string of the molecule is Cc1cc(C(C)(C)C)c([O][Ti+2][C]2=CC=CC2)c(C(C)(C)C)c1.[F-].[F-]. The first-order chi connectivity index (χ1) is 10.1. The zero-order valence-electron chi connectivity index (χ0n) is 15.8. The van der Waals surface area contributed by atoms with Gasteiger partial charge in [-0.25, -0.2) is 0 Å². The molecule has 0 radical (unpaired) electrons. The fourth-order valence-corrected chi connectivity index (χ4v) is 3.92. The smallest absolute Gasteiger partial charge is 1.00 e. The van der Waals surface area contributed by atoms with Gasteiger partial charge in [0.25, 0.3) is 0 Å². The molecular formula is C20H28F2OTi. The number of hydrogen-bond donors (Lipinski definition) is 0. The van der Waals surface area contributed by atoms with E-state index < -0.39 is 19.5 Å². The summed E-state index contributed by atoms with van der Waals surface area (Å²) in [4.78, 5) is 0. The first-order valence-corrected chi connectivity index (χ1v) is 9.45. The van der Waals surface area contributed by atoms with Crippen LogP contribution in [0.1, 0.15) is 64.7 Å². The minimum atomic E-state index is -0.546. The van der Waals surface area contributed by atoms with Crippen molar-refractivity contribution in [3.05, 3.63) is 50.9 Å². The van der Waals surface area contributed by atoms with Gasteiger partial charge in [0.15, 0.2) is 0 Å². The van der Waals surface area contributed by atoms with Crippen LogP contribution in [0.2, 0.25) is 0 Å². The molecule has 0 unspecified atom stereocenters. The van der Waals surface area contributed by atoms with Gasteiger partial charge < -0.3 is 9.41 Å². The molecule has 4 heteroatoms. The molecule has 0 N–H and O–H groups in total. The van der Waals surface area contributed by atoms with Crippen LogP contribution in [0.3, 0.4) is 0 Å². The Bertz CT molecular complexity index is 585. The van der Waals surface area contributed by atoms with E-state index in [2.05, 4.69) is 78.8 Å². The zero-order chi connectivity index (χ0) is 16.5. The van der Waals surface area contributed by atoms with Crippen LogP contribution in [0.15, 0.2) is 34.2 Å². The monoisotopic (exact) mass is 370 g/mol. The van der Waals surface area contributed by atoms with Gasteiger partial charge >= 0.3 is 145 Å². The number of rotatable bonds is 3. The summed E-state index contributed by atoms with van der Waals surface area (Å²) >= 11 is -0.546. The summed E-state index contributed by atoms with van der Waals surface area (Å²) in [7, 11) is 0. The normalized spacial score (nSPS) is 13.5. The third-order valence-corrected chi connectivity index (χ3v) is 5.37. The summed E-state index contributed by atoms with van der Waals surface area (Å²) in [5, 5.41) is 0. The van der Waals surface area contributed by atoms with Gasteiger partial charge in [-0.2, -0.15) is 0 Å². The van der Waals surface area contributed by atoms with Crippen molar-refractivity contribution in [2.24, 2.45) is 0 Å². The van der Waals surface area contributed by atoms with Crippen LogP contribution in [-0.2, 0) is 30.4 Å². The maximum atomic E-state index is 6.48. The molecule has 1 aromatic rings. The van der Waals surface area contributed by atoms with E-state index in [-0.39, 0.29) is 20.2 Å². The van der Waals surface area contributed by atoms with Gasteiger partial charge in [0.05, 0.1) is 0 Å². The van der Waals surface area contributed by atoms with Crippen molar-refractivity contribution in [1.82, 2.24) is 0 Å². The molecule has 1 aromatic carbocycles. The predicted molar refractivity (Wildman–Crippen MR) is 91.0 cm³/mol. The number of halogens is 2. The van der Waals surface area contributed by atoms with Gasteiger partial charge in [-0.05, 0) is 0 Å². The summed E-state index contributed by atoms with van der Waals surface area (Å²) in [5.74, 6) is 1.14. The van der Waals surface area contributed by atoms with E-state index in [0.717, 1.165) is 12.2 Å². The maximum Gasteiger partial charge on any atom is -1.00 e. The Labute approximate surface area is 154 Å². The average molecular weight is 370 g/mol. The number of aryl methyl sites for hydroxylation is 1. The molecule has 0 bridgehead atoms. The largest absolute Gasteiger partial charge is 1.00 e. The van der Waals surface area contributed by atoms with Gasteiger partial charge in [0, 0.05) is 0 Å². The van der Waals surface area contributed by atoms with Crippen molar-refractivity contribution < 1.29 is 32.3 Å². The molecule has 0 saturated carbocycles. The van der Waals surface area contributed by atoms with Crippen LogP contribution >= 0.6 is 0 Å². The van der Waals surface area contributed by atoms with Crippen molar-refractivity contribution in [3.8, 4) is 5.75 Å². The van der Waals surface area contributed by atoms with E-state index in [1.165, 1.54) is 20.6 Å². The van der Waals surface area contributed by atoms with E-state index in [4.69, 9.17) is 3.32 Å². The molecule has 1 aliphatic rings. The van der Waals surface area contributed by atoms with Crippen molar-refractivity contribution in [3.63, 3.8) is 0 Å². The number of allylic oxidation sites excluding steroid dienone is 4. The van der Waals surface area contributed by atoms with Gasteiger partial charge in [-0.15, -0.1) is 0 Å². The van der Waals surface area contributed by atoms with Crippen LogP contribution in [0.25, 0.3) is 0 Å². The van der Waals surface area contributed by atoms with Crippen LogP contribution in [0.4, 0.5) is 0 Å². The predicted octanol–water partition coefficient (Wildman–Crippen LogP) is -0.182. The van der Waals surface area contributed by atoms with Crippen LogP contribution < -0.4 is 12.7 Å². The molecule has 2 rings (SSSR count). The minimum absolute atomic E-state index is 0. The summed E-state index contributed by atoms with van der Waals surface area (Å²) in [6.07, 6.45) is 7.66. The first-order valence-electron chi connectivity index (χ1n) is 8.03. The third kappa shape index (κ3) is 5.56. The van der Waals surface area contributed by atoms with Crippen LogP contribution in [-0.4, -0.2) is 0 Å². The molecule has 0 saturated heterocycles. The Morgan fingerprint density at radius 1 is 0.917 bits per heavy atom. The van der Waals surface area contributed by atoms with Crippen molar-refractivity contribution in [2.45, 2.75) is 65.7 Å². The summed E-state index contributed by atoms with van der Waals surface area (Å²) < 4.78 is 7.95. The Morgan fingerprint density at radius 2 is 1.42 bits per heavy atom. The van der Waals surface area contributed by atoms with Gasteiger partial charge in [-0.1, -0.05) is 0 Å². The zero-order valence-corrected chi connectivity index (χ0v) is 17.3. The fraction of sp³-hybridized carbons (Fsp3) is 0.500. The number of hydrogen-bond acceptors (Lipinski definition) is 1. The molecule has 24 heavy (non-hydrogen) atoms. The Hall–Kier alpha value is -0.926. The van der Waals surface area contributed by atoms with Crippen LogP contribution in [0.5, 0.6) is 5.75 Å². The summed E-state index contributed by atoms with van der Waals surface area (Å²) in [6, 6.07) is 4.61. The molecule has 1 aliphatic carbocycles. The van der Waals surface area contributed by atoms with Crippen LogP contribution in [0, 0.1) is 6.92 Å².